The van der Waals surface area contributed by atoms with Crippen LogP contribution in [0, 0.1) is 5.82 Å². The summed E-state index contributed by atoms with van der Waals surface area (Å²) in [4.78, 5) is 2.00. The molecule has 0 fully saturated rings. The van der Waals surface area contributed by atoms with Gasteiger partial charge in [-0.1, -0.05) is 18.2 Å². The zero-order valence-corrected chi connectivity index (χ0v) is 10.4. The van der Waals surface area contributed by atoms with E-state index in [1.807, 2.05) is 42.3 Å². The molecule has 3 heteroatoms. The van der Waals surface area contributed by atoms with Crippen molar-refractivity contribution in [2.75, 3.05) is 11.9 Å². The molecule has 2 aromatic rings. The van der Waals surface area contributed by atoms with Gasteiger partial charge in [0.1, 0.15) is 5.82 Å². The van der Waals surface area contributed by atoms with Gasteiger partial charge in [0.2, 0.25) is 0 Å². The Morgan fingerprint density at radius 2 is 1.75 bits per heavy atom. The Labute approximate surface area is 103 Å². The molecule has 16 heavy (non-hydrogen) atoms. The van der Waals surface area contributed by atoms with Crippen LogP contribution in [0.3, 0.4) is 0 Å². The Hall–Kier alpha value is -1.35. The van der Waals surface area contributed by atoms with Crippen molar-refractivity contribution < 1.29 is 4.39 Å². The summed E-state index contributed by atoms with van der Waals surface area (Å²) in [5.74, 6) is -0.239. The maximum Gasteiger partial charge on any atom is 0.124 e. The van der Waals surface area contributed by atoms with Crippen molar-refractivity contribution in [3.8, 4) is 0 Å². The van der Waals surface area contributed by atoms with Crippen LogP contribution < -0.4 is 4.90 Å². The molecule has 82 valence electrons. The zero-order valence-electron chi connectivity index (χ0n) is 8.82. The van der Waals surface area contributed by atoms with E-state index in [0.717, 1.165) is 15.8 Å². The second-order valence-corrected chi connectivity index (χ2v) is 4.34. The summed E-state index contributed by atoms with van der Waals surface area (Å²) in [6.45, 7) is 0. The van der Waals surface area contributed by atoms with Crippen LogP contribution in [0.5, 0.6) is 0 Å². The first-order chi connectivity index (χ1) is 7.68. The largest absolute Gasteiger partial charge is 0.344 e. The fraction of sp³-hybridized carbons (Fsp3) is 0.0769. The first kappa shape index (κ1) is 11.1. The van der Waals surface area contributed by atoms with Crippen molar-refractivity contribution in [2.45, 2.75) is 0 Å². The maximum absolute atomic E-state index is 13.0. The van der Waals surface area contributed by atoms with Crippen LogP contribution >= 0.6 is 15.9 Å². The average molecular weight is 280 g/mol. The van der Waals surface area contributed by atoms with Crippen molar-refractivity contribution in [1.29, 1.82) is 0 Å². The quantitative estimate of drug-likeness (QED) is 0.790. The predicted octanol–water partition coefficient (Wildman–Crippen LogP) is 4.36. The zero-order chi connectivity index (χ0) is 11.5. The number of nitrogens with zero attached hydrogens (tertiary/aromatic N) is 1. The summed E-state index contributed by atoms with van der Waals surface area (Å²) in [7, 11) is 1.95. The molecule has 2 rings (SSSR count). The van der Waals surface area contributed by atoms with Crippen molar-refractivity contribution in [1.82, 2.24) is 0 Å². The van der Waals surface area contributed by atoms with Crippen LogP contribution in [0.15, 0.2) is 53.0 Å². The molecule has 0 unspecified atom stereocenters. The van der Waals surface area contributed by atoms with E-state index in [4.69, 9.17) is 0 Å². The second kappa shape index (κ2) is 4.66. The van der Waals surface area contributed by atoms with Crippen molar-refractivity contribution in [3.05, 3.63) is 58.8 Å². The third kappa shape index (κ3) is 2.25. The Morgan fingerprint density at radius 1 is 1.06 bits per heavy atom. The van der Waals surface area contributed by atoms with Gasteiger partial charge in [0, 0.05) is 17.2 Å². The molecular formula is C13H11BrFN. The molecule has 0 aliphatic carbocycles. The third-order valence-corrected chi connectivity index (χ3v) is 3.05. The van der Waals surface area contributed by atoms with Gasteiger partial charge in [0.15, 0.2) is 0 Å². The van der Waals surface area contributed by atoms with Gasteiger partial charge in [0.25, 0.3) is 0 Å². The van der Waals surface area contributed by atoms with Crippen LogP contribution in [0.25, 0.3) is 0 Å². The highest BCUT2D eigenvalue weighted by Gasteiger charge is 2.07. The van der Waals surface area contributed by atoms with E-state index in [1.165, 1.54) is 12.1 Å². The van der Waals surface area contributed by atoms with E-state index in [-0.39, 0.29) is 5.82 Å². The lowest BCUT2D eigenvalue weighted by molar-refractivity contribution is 0.627. The topological polar surface area (TPSA) is 3.24 Å². The smallest absolute Gasteiger partial charge is 0.124 e. The number of hydrogen-bond donors (Lipinski definition) is 0. The number of anilines is 2. The van der Waals surface area contributed by atoms with Crippen LogP contribution in [0.4, 0.5) is 15.8 Å². The molecule has 0 aliphatic rings. The van der Waals surface area contributed by atoms with Crippen LogP contribution in [0.2, 0.25) is 0 Å². The summed E-state index contributed by atoms with van der Waals surface area (Å²) in [5, 5.41) is 0. The van der Waals surface area contributed by atoms with Crippen LogP contribution in [-0.2, 0) is 0 Å². The molecule has 0 bridgehead atoms. The van der Waals surface area contributed by atoms with Gasteiger partial charge in [-0.15, -0.1) is 0 Å². The lowest BCUT2D eigenvalue weighted by Crippen LogP contribution is -2.09. The Bertz CT molecular complexity index is 485. The van der Waals surface area contributed by atoms with Crippen molar-refractivity contribution in [2.24, 2.45) is 0 Å². The van der Waals surface area contributed by atoms with Crippen LogP contribution in [0.1, 0.15) is 0 Å². The fourth-order valence-corrected chi connectivity index (χ4v) is 2.16. The molecule has 2 aromatic carbocycles. The Morgan fingerprint density at radius 3 is 2.38 bits per heavy atom. The minimum absolute atomic E-state index is 0.239. The van der Waals surface area contributed by atoms with E-state index < -0.39 is 0 Å². The summed E-state index contributed by atoms with van der Waals surface area (Å²) in [5.41, 5.74) is 2.00. The molecule has 0 radical (unpaired) electrons. The monoisotopic (exact) mass is 279 g/mol. The molecule has 0 aliphatic heterocycles. The Balaban J connectivity index is 2.38. The molecule has 0 spiro atoms. The summed E-state index contributed by atoms with van der Waals surface area (Å²) >= 11 is 3.36. The van der Waals surface area contributed by atoms with Gasteiger partial charge >= 0.3 is 0 Å². The molecule has 1 nitrogen and oxygen atoms in total. The molecule has 0 saturated heterocycles. The average Bonchev–Trinajstić information content (AvgIpc) is 2.29. The molecule has 0 atom stereocenters. The highest BCUT2D eigenvalue weighted by Crippen LogP contribution is 2.30. The lowest BCUT2D eigenvalue weighted by Gasteiger charge is -2.20. The first-order valence-electron chi connectivity index (χ1n) is 4.92. The minimum Gasteiger partial charge on any atom is -0.344 e. The minimum atomic E-state index is -0.239. The van der Waals surface area contributed by atoms with E-state index in [9.17, 15) is 4.39 Å². The standard InChI is InChI=1S/C13H11BrFN/c1-16(11-5-3-2-4-6-11)13-8-7-10(15)9-12(13)14/h2-9H,1H3. The molecule has 0 N–H and O–H groups in total. The van der Waals surface area contributed by atoms with Gasteiger partial charge in [0.05, 0.1) is 5.69 Å². The predicted molar refractivity (Wildman–Crippen MR) is 68.6 cm³/mol. The molecular weight excluding hydrogens is 269 g/mol. The number of para-hydroxylation sites is 1. The van der Waals surface area contributed by atoms with Crippen LogP contribution in [-0.4, -0.2) is 7.05 Å². The maximum atomic E-state index is 13.0. The molecule has 0 amide bonds. The van der Waals surface area contributed by atoms with E-state index in [2.05, 4.69) is 15.9 Å². The summed E-state index contributed by atoms with van der Waals surface area (Å²) in [6.07, 6.45) is 0. The SMILES string of the molecule is CN(c1ccccc1)c1ccc(F)cc1Br. The molecule has 0 aromatic heterocycles. The van der Waals surface area contributed by atoms with Gasteiger partial charge in [-0.05, 0) is 46.3 Å². The fourth-order valence-electron chi connectivity index (χ4n) is 1.54. The van der Waals surface area contributed by atoms with Gasteiger partial charge < -0.3 is 4.90 Å². The van der Waals surface area contributed by atoms with E-state index in [0.29, 0.717) is 0 Å². The normalized spacial score (nSPS) is 10.2. The van der Waals surface area contributed by atoms with E-state index >= 15 is 0 Å². The summed E-state index contributed by atoms with van der Waals surface area (Å²) < 4.78 is 13.7. The first-order valence-corrected chi connectivity index (χ1v) is 5.71. The lowest BCUT2D eigenvalue weighted by atomic mass is 10.2. The molecule has 0 saturated carbocycles. The Kier molecular flexibility index (Phi) is 3.25. The van der Waals surface area contributed by atoms with E-state index in [1.54, 1.807) is 6.07 Å². The number of rotatable bonds is 2. The summed E-state index contributed by atoms with van der Waals surface area (Å²) in [6, 6.07) is 14.6. The van der Waals surface area contributed by atoms with Gasteiger partial charge in [-0.25, -0.2) is 4.39 Å². The van der Waals surface area contributed by atoms with Crippen molar-refractivity contribution >= 4 is 27.3 Å². The van der Waals surface area contributed by atoms with Gasteiger partial charge in [-0.2, -0.15) is 0 Å². The van der Waals surface area contributed by atoms with Gasteiger partial charge in [-0.3, -0.25) is 0 Å². The third-order valence-electron chi connectivity index (χ3n) is 2.41. The number of halogens is 2. The molecule has 0 heterocycles. The number of hydrogen-bond acceptors (Lipinski definition) is 1. The highest BCUT2D eigenvalue weighted by atomic mass is 79.9. The van der Waals surface area contributed by atoms with Crippen molar-refractivity contribution in [3.63, 3.8) is 0 Å². The highest BCUT2D eigenvalue weighted by molar-refractivity contribution is 9.10. The number of benzene rings is 2. The second-order valence-electron chi connectivity index (χ2n) is 3.49.